The molecular formula is C16H17NO5S. The van der Waals surface area contributed by atoms with Gasteiger partial charge in [-0.1, -0.05) is 6.07 Å². The smallest absolute Gasteiger partial charge is 0.326 e. The van der Waals surface area contributed by atoms with Gasteiger partial charge in [-0.25, -0.2) is 0 Å². The number of hydrogen-bond donors (Lipinski definition) is 0. The molecule has 0 unspecified atom stereocenters. The van der Waals surface area contributed by atoms with E-state index in [-0.39, 0.29) is 18.1 Å². The normalized spacial score (nSPS) is 16.1. The molecule has 1 aliphatic heterocycles. The Hall–Kier alpha value is -2.28. The molecule has 6 nitrogen and oxygen atoms in total. The first-order valence-electron chi connectivity index (χ1n) is 7.02. The van der Waals surface area contributed by atoms with E-state index in [0.29, 0.717) is 0 Å². The topological polar surface area (TPSA) is 72.9 Å². The lowest BCUT2D eigenvalue weighted by Crippen LogP contribution is -2.34. The average Bonchev–Trinajstić information content (AvgIpc) is 2.75. The number of aryl methyl sites for hydroxylation is 1. The largest absolute Gasteiger partial charge is 0.496 e. The summed E-state index contributed by atoms with van der Waals surface area (Å²) in [6.07, 6.45) is 1.63. The van der Waals surface area contributed by atoms with E-state index in [1.165, 1.54) is 0 Å². The van der Waals surface area contributed by atoms with Crippen LogP contribution in [0.1, 0.15) is 18.1 Å². The van der Waals surface area contributed by atoms with E-state index >= 15 is 0 Å². The number of carbonyl (C=O) groups excluding carboxylic acids is 3. The van der Waals surface area contributed by atoms with Crippen LogP contribution < -0.4 is 4.74 Å². The van der Waals surface area contributed by atoms with Gasteiger partial charge in [0.15, 0.2) is 0 Å². The molecule has 0 bridgehead atoms. The van der Waals surface area contributed by atoms with E-state index in [9.17, 15) is 14.4 Å². The molecule has 0 aliphatic carbocycles. The molecule has 1 heterocycles. The second-order valence-corrected chi connectivity index (χ2v) is 5.80. The Labute approximate surface area is 138 Å². The predicted octanol–water partition coefficient (Wildman–Crippen LogP) is 2.60. The van der Waals surface area contributed by atoms with Crippen molar-refractivity contribution in [2.75, 3.05) is 20.3 Å². The number of amides is 2. The zero-order chi connectivity index (χ0) is 17.0. The fourth-order valence-electron chi connectivity index (χ4n) is 2.11. The monoisotopic (exact) mass is 335 g/mol. The van der Waals surface area contributed by atoms with Crippen molar-refractivity contribution in [1.82, 2.24) is 4.90 Å². The van der Waals surface area contributed by atoms with Crippen LogP contribution in [0.25, 0.3) is 6.08 Å². The van der Waals surface area contributed by atoms with E-state index in [4.69, 9.17) is 9.47 Å². The van der Waals surface area contributed by atoms with Crippen LogP contribution in [0.15, 0.2) is 23.1 Å². The van der Waals surface area contributed by atoms with Gasteiger partial charge in [0.1, 0.15) is 12.3 Å². The van der Waals surface area contributed by atoms with Crippen molar-refractivity contribution in [2.24, 2.45) is 0 Å². The second-order valence-electron chi connectivity index (χ2n) is 4.80. The Kier molecular flexibility index (Phi) is 5.44. The van der Waals surface area contributed by atoms with Crippen LogP contribution in [0.4, 0.5) is 4.79 Å². The van der Waals surface area contributed by atoms with Crippen molar-refractivity contribution in [2.45, 2.75) is 13.8 Å². The number of carbonyl (C=O) groups is 3. The Morgan fingerprint density at radius 3 is 2.70 bits per heavy atom. The molecule has 0 N–H and O–H groups in total. The minimum absolute atomic E-state index is 0.204. The first kappa shape index (κ1) is 17.1. The van der Waals surface area contributed by atoms with Gasteiger partial charge in [0.25, 0.3) is 11.1 Å². The number of rotatable bonds is 5. The minimum Gasteiger partial charge on any atom is -0.496 e. The summed E-state index contributed by atoms with van der Waals surface area (Å²) in [5, 5.41) is -0.473. The summed E-state index contributed by atoms with van der Waals surface area (Å²) in [4.78, 5) is 36.8. The Balaban J connectivity index is 2.18. The summed E-state index contributed by atoms with van der Waals surface area (Å²) in [5.41, 5.74) is 1.71. The van der Waals surface area contributed by atoms with Crippen molar-refractivity contribution in [3.63, 3.8) is 0 Å². The fraction of sp³-hybridized carbons (Fsp3) is 0.312. The highest BCUT2D eigenvalue weighted by Crippen LogP contribution is 2.32. The number of benzene rings is 1. The molecule has 0 aromatic heterocycles. The number of esters is 1. The molecule has 0 spiro atoms. The molecular weight excluding hydrogens is 318 g/mol. The fourth-order valence-corrected chi connectivity index (χ4v) is 2.95. The molecule has 2 rings (SSSR count). The molecule has 0 saturated carbocycles. The van der Waals surface area contributed by atoms with Crippen molar-refractivity contribution in [3.05, 3.63) is 34.2 Å². The molecule has 2 amide bonds. The van der Waals surface area contributed by atoms with Crippen LogP contribution in [0, 0.1) is 6.92 Å². The van der Waals surface area contributed by atoms with Crippen LogP contribution in [0.5, 0.6) is 5.75 Å². The second kappa shape index (κ2) is 7.32. The zero-order valence-corrected chi connectivity index (χ0v) is 13.9. The van der Waals surface area contributed by atoms with Gasteiger partial charge in [0.2, 0.25) is 0 Å². The summed E-state index contributed by atoms with van der Waals surface area (Å²) in [6.45, 7) is 3.40. The van der Waals surface area contributed by atoms with Gasteiger partial charge in [-0.15, -0.1) is 0 Å². The van der Waals surface area contributed by atoms with E-state index in [2.05, 4.69) is 0 Å². The van der Waals surface area contributed by atoms with Crippen LogP contribution in [0.3, 0.4) is 0 Å². The first-order valence-corrected chi connectivity index (χ1v) is 7.83. The third-order valence-electron chi connectivity index (χ3n) is 3.18. The quantitative estimate of drug-likeness (QED) is 0.608. The molecule has 122 valence electrons. The maximum absolute atomic E-state index is 12.3. The van der Waals surface area contributed by atoms with Crippen LogP contribution >= 0.6 is 11.8 Å². The standard InChI is InChI=1S/C16H17NO5S/c1-4-22-14(18)9-17-15(19)13(23-16(17)20)8-11-5-6-12(21-3)10(2)7-11/h5-8H,4,9H2,1-3H3/b13-8+. The maximum atomic E-state index is 12.3. The molecule has 1 aromatic rings. The van der Waals surface area contributed by atoms with Gasteiger partial charge in [0.05, 0.1) is 18.6 Å². The van der Waals surface area contributed by atoms with Gasteiger partial charge < -0.3 is 9.47 Å². The van der Waals surface area contributed by atoms with E-state index in [0.717, 1.165) is 33.5 Å². The number of hydrogen-bond acceptors (Lipinski definition) is 6. The lowest BCUT2D eigenvalue weighted by atomic mass is 10.1. The van der Waals surface area contributed by atoms with E-state index in [1.807, 2.05) is 13.0 Å². The van der Waals surface area contributed by atoms with Gasteiger partial charge in [0, 0.05) is 0 Å². The van der Waals surface area contributed by atoms with Crippen LogP contribution in [0.2, 0.25) is 0 Å². The van der Waals surface area contributed by atoms with Gasteiger partial charge in [-0.3, -0.25) is 19.3 Å². The third-order valence-corrected chi connectivity index (χ3v) is 4.09. The molecule has 0 radical (unpaired) electrons. The van der Waals surface area contributed by atoms with Crippen molar-refractivity contribution in [3.8, 4) is 5.75 Å². The minimum atomic E-state index is -0.601. The van der Waals surface area contributed by atoms with Gasteiger partial charge in [-0.2, -0.15) is 0 Å². The van der Waals surface area contributed by atoms with E-state index in [1.54, 1.807) is 32.2 Å². The summed E-state index contributed by atoms with van der Waals surface area (Å²) in [7, 11) is 1.59. The Morgan fingerprint density at radius 1 is 1.35 bits per heavy atom. The molecule has 1 aliphatic rings. The highest BCUT2D eigenvalue weighted by Gasteiger charge is 2.36. The van der Waals surface area contributed by atoms with E-state index < -0.39 is 17.1 Å². The summed E-state index contributed by atoms with van der Waals surface area (Å²) < 4.78 is 9.95. The van der Waals surface area contributed by atoms with Crippen molar-refractivity contribution >= 4 is 35.0 Å². The molecule has 1 aromatic carbocycles. The Morgan fingerprint density at radius 2 is 2.09 bits per heavy atom. The highest BCUT2D eigenvalue weighted by molar-refractivity contribution is 8.18. The zero-order valence-electron chi connectivity index (χ0n) is 13.1. The first-order chi connectivity index (χ1) is 11.0. The summed E-state index contributed by atoms with van der Waals surface area (Å²) in [5.74, 6) is -0.338. The SMILES string of the molecule is CCOC(=O)CN1C(=O)S/C(=C/c2ccc(OC)c(C)c2)C1=O. The number of thioether (sulfide) groups is 1. The highest BCUT2D eigenvalue weighted by atomic mass is 32.2. The lowest BCUT2D eigenvalue weighted by Gasteiger charge is -2.10. The number of nitrogens with zero attached hydrogens (tertiary/aromatic N) is 1. The van der Waals surface area contributed by atoms with Gasteiger partial charge in [-0.05, 0) is 54.9 Å². The molecule has 0 atom stereocenters. The van der Waals surface area contributed by atoms with Gasteiger partial charge >= 0.3 is 5.97 Å². The number of methoxy groups -OCH3 is 1. The summed E-state index contributed by atoms with van der Waals surface area (Å²) in [6, 6.07) is 5.45. The summed E-state index contributed by atoms with van der Waals surface area (Å²) >= 11 is 0.812. The average molecular weight is 335 g/mol. The maximum Gasteiger partial charge on any atom is 0.326 e. The molecule has 1 fully saturated rings. The Bertz CT molecular complexity index is 683. The molecule has 7 heteroatoms. The molecule has 1 saturated heterocycles. The lowest BCUT2D eigenvalue weighted by molar-refractivity contribution is -0.145. The van der Waals surface area contributed by atoms with Crippen molar-refractivity contribution < 1.29 is 23.9 Å². The predicted molar refractivity (Wildman–Crippen MR) is 87.0 cm³/mol. The number of imide groups is 1. The van der Waals surface area contributed by atoms with Crippen LogP contribution in [-0.4, -0.2) is 42.3 Å². The third kappa shape index (κ3) is 3.92. The molecule has 23 heavy (non-hydrogen) atoms. The van der Waals surface area contributed by atoms with Crippen molar-refractivity contribution in [1.29, 1.82) is 0 Å². The van der Waals surface area contributed by atoms with Crippen LogP contribution in [-0.2, 0) is 14.3 Å². The number of ether oxygens (including phenoxy) is 2.